The van der Waals surface area contributed by atoms with Gasteiger partial charge in [0, 0.05) is 36.3 Å². The molecule has 0 aliphatic heterocycles. The van der Waals surface area contributed by atoms with Gasteiger partial charge < -0.3 is 67.3 Å². The molecule has 350 valence electrons. The molecular weight excluding hydrogens is 815 g/mol. The van der Waals surface area contributed by atoms with E-state index in [0.717, 1.165) is 11.1 Å². The molecule has 0 aliphatic rings. The van der Waals surface area contributed by atoms with Crippen molar-refractivity contribution in [2.75, 3.05) is 112 Å². The summed E-state index contributed by atoms with van der Waals surface area (Å²) in [5.74, 6) is 1.52. The van der Waals surface area contributed by atoms with Gasteiger partial charge in [-0.3, -0.25) is 9.59 Å². The zero-order chi connectivity index (χ0) is 45.6. The average molecular weight is 884 g/mol. The number of aliphatic hydroxyl groups is 1. The molecule has 63 heavy (non-hydrogen) atoms. The van der Waals surface area contributed by atoms with Crippen LogP contribution >= 0.6 is 0 Å². The number of rotatable bonds is 32. The van der Waals surface area contributed by atoms with Crippen molar-refractivity contribution < 1.29 is 57.3 Å². The van der Waals surface area contributed by atoms with Gasteiger partial charge in [-0.15, -0.1) is 0 Å². The molecule has 4 rings (SSSR count). The van der Waals surface area contributed by atoms with Crippen molar-refractivity contribution >= 4 is 16.8 Å². The van der Waals surface area contributed by atoms with E-state index in [1.54, 1.807) is 33.2 Å². The van der Waals surface area contributed by atoms with Crippen molar-refractivity contribution in [1.82, 2.24) is 14.9 Å². The molecular formula is C47H69N3O13. The number of nitrogens with zero attached hydrogens (tertiary/aromatic N) is 1. The molecule has 0 saturated heterocycles. The molecule has 0 radical (unpaired) electrons. The summed E-state index contributed by atoms with van der Waals surface area (Å²) in [7, 11) is 1.66. The van der Waals surface area contributed by atoms with Gasteiger partial charge in [0.05, 0.1) is 111 Å². The van der Waals surface area contributed by atoms with Crippen LogP contribution < -0.4 is 20.3 Å². The number of carbonyl (C=O) groups is 1. The van der Waals surface area contributed by atoms with Crippen LogP contribution in [0, 0.1) is 13.8 Å². The van der Waals surface area contributed by atoms with Gasteiger partial charge in [-0.05, 0) is 95.5 Å². The molecule has 2 aromatic heterocycles. The van der Waals surface area contributed by atoms with Gasteiger partial charge in [0.15, 0.2) is 0 Å². The first-order chi connectivity index (χ1) is 30.3. The third-order valence-electron chi connectivity index (χ3n) is 9.58. The molecule has 0 fully saturated rings. The highest BCUT2D eigenvalue weighted by atomic mass is 16.6. The van der Waals surface area contributed by atoms with Gasteiger partial charge in [-0.1, -0.05) is 6.07 Å². The Bertz CT molecular complexity index is 2020. The van der Waals surface area contributed by atoms with Crippen molar-refractivity contribution in [2.24, 2.45) is 7.05 Å². The lowest BCUT2D eigenvalue weighted by atomic mass is 9.93. The molecule has 2 aromatic carbocycles. The first kappa shape index (κ1) is 51.3. The second-order valence-electron chi connectivity index (χ2n) is 15.6. The molecule has 0 spiro atoms. The fourth-order valence-electron chi connectivity index (χ4n) is 6.38. The maximum absolute atomic E-state index is 13.2. The first-order valence-corrected chi connectivity index (χ1v) is 21.8. The van der Waals surface area contributed by atoms with Crippen LogP contribution in [-0.4, -0.2) is 139 Å². The number of H-pyrrole nitrogens is 1. The van der Waals surface area contributed by atoms with Crippen LogP contribution in [0.15, 0.2) is 47.4 Å². The number of hydrogen-bond acceptors (Lipinski definition) is 13. The topological polar surface area (TPSA) is 179 Å². The molecule has 0 aliphatic carbocycles. The minimum absolute atomic E-state index is 0.215. The van der Waals surface area contributed by atoms with Crippen molar-refractivity contribution in [3.63, 3.8) is 0 Å². The smallest absolute Gasteiger partial charge is 0.274 e. The van der Waals surface area contributed by atoms with E-state index in [4.69, 9.17) is 47.4 Å². The molecule has 0 bridgehead atoms. The van der Waals surface area contributed by atoms with E-state index in [-0.39, 0.29) is 23.3 Å². The lowest BCUT2D eigenvalue weighted by Crippen LogP contribution is -2.23. The summed E-state index contributed by atoms with van der Waals surface area (Å²) in [5, 5.41) is 14.3. The van der Waals surface area contributed by atoms with Crippen LogP contribution in [0.1, 0.15) is 61.8 Å². The van der Waals surface area contributed by atoms with E-state index < -0.39 is 5.60 Å². The van der Waals surface area contributed by atoms with Crippen molar-refractivity contribution in [3.05, 3.63) is 75.3 Å². The number of aromatic amines is 1. The number of hydrogen-bond donors (Lipinski definition) is 3. The molecule has 2 heterocycles. The van der Waals surface area contributed by atoms with Gasteiger partial charge in [-0.2, -0.15) is 0 Å². The number of aryl methyl sites for hydroxylation is 3. The van der Waals surface area contributed by atoms with Gasteiger partial charge in [-0.25, -0.2) is 0 Å². The van der Waals surface area contributed by atoms with Gasteiger partial charge in [0.1, 0.15) is 35.1 Å². The van der Waals surface area contributed by atoms with Crippen molar-refractivity contribution in [1.29, 1.82) is 0 Å². The highest BCUT2D eigenvalue weighted by Crippen LogP contribution is 2.41. The Hall–Kier alpha value is -4.36. The van der Waals surface area contributed by atoms with E-state index in [0.29, 0.717) is 157 Å². The molecule has 0 saturated carbocycles. The Balaban J connectivity index is 1.14. The lowest BCUT2D eigenvalue weighted by Gasteiger charge is -2.22. The number of aromatic nitrogens is 2. The fraction of sp³-hybridized carbons (Fsp3) is 0.574. The molecule has 0 atom stereocenters. The zero-order valence-corrected chi connectivity index (χ0v) is 38.4. The van der Waals surface area contributed by atoms with E-state index in [9.17, 15) is 14.7 Å². The van der Waals surface area contributed by atoms with E-state index >= 15 is 0 Å². The minimum atomic E-state index is -1.15. The van der Waals surface area contributed by atoms with Crippen LogP contribution in [-0.2, 0) is 50.5 Å². The summed E-state index contributed by atoms with van der Waals surface area (Å²) in [6, 6.07) is 11.0. The summed E-state index contributed by atoms with van der Waals surface area (Å²) in [6.45, 7) is 21.3. The Morgan fingerprint density at radius 3 is 1.70 bits per heavy atom. The van der Waals surface area contributed by atoms with Crippen LogP contribution in [0.3, 0.4) is 0 Å². The molecule has 16 heteroatoms. The third kappa shape index (κ3) is 17.3. The maximum atomic E-state index is 13.2. The number of nitrogens with one attached hydrogen (secondary N) is 2. The summed E-state index contributed by atoms with van der Waals surface area (Å²) in [6.07, 6.45) is 1.94. The Morgan fingerprint density at radius 1 is 0.730 bits per heavy atom. The monoisotopic (exact) mass is 883 g/mol. The van der Waals surface area contributed by atoms with E-state index in [1.807, 2.05) is 65.0 Å². The summed E-state index contributed by atoms with van der Waals surface area (Å²) in [4.78, 5) is 29.0. The third-order valence-corrected chi connectivity index (χ3v) is 9.58. The number of fused-ring (bicyclic) bond motifs is 1. The maximum Gasteiger partial charge on any atom is 0.274 e. The van der Waals surface area contributed by atoms with Crippen molar-refractivity contribution in [2.45, 2.75) is 60.2 Å². The zero-order valence-electron chi connectivity index (χ0n) is 38.4. The molecule has 0 unspecified atom stereocenters. The SMILES string of the molecule is CCNC(=O)c1cc2c(-c3cc(C(C)(C)O)ccc3Oc3c(C)cc(OCCOCCOCCOCCOCCOCCOCCOCCOC(C)C)cc3C)cn(C)c(=O)c2[nH]1. The van der Waals surface area contributed by atoms with Crippen LogP contribution in [0.25, 0.3) is 22.0 Å². The normalized spacial score (nSPS) is 11.8. The van der Waals surface area contributed by atoms with Crippen LogP contribution in [0.2, 0.25) is 0 Å². The number of amides is 1. The summed E-state index contributed by atoms with van der Waals surface area (Å²) >= 11 is 0. The summed E-state index contributed by atoms with van der Waals surface area (Å²) < 4.78 is 58.3. The quantitative estimate of drug-likeness (QED) is 0.0499. The predicted molar refractivity (Wildman–Crippen MR) is 241 cm³/mol. The molecule has 4 aromatic rings. The largest absolute Gasteiger partial charge is 0.491 e. The van der Waals surface area contributed by atoms with Gasteiger partial charge >= 0.3 is 0 Å². The predicted octanol–water partition coefficient (Wildman–Crippen LogP) is 5.84. The Labute approximate surface area is 371 Å². The molecule has 1 amide bonds. The second kappa shape index (κ2) is 27.1. The average Bonchev–Trinajstić information content (AvgIpc) is 3.69. The van der Waals surface area contributed by atoms with Crippen LogP contribution in [0.4, 0.5) is 0 Å². The minimum Gasteiger partial charge on any atom is -0.491 e. The van der Waals surface area contributed by atoms with Gasteiger partial charge in [0.25, 0.3) is 11.5 Å². The highest BCUT2D eigenvalue weighted by Gasteiger charge is 2.23. The first-order valence-electron chi connectivity index (χ1n) is 21.8. The second-order valence-corrected chi connectivity index (χ2v) is 15.6. The summed E-state index contributed by atoms with van der Waals surface area (Å²) in [5.41, 5.74) is 2.81. The Morgan fingerprint density at radius 2 is 1.22 bits per heavy atom. The standard InChI is InChI=1S/C47H69N3O13/c1-9-48-45(51)41-31-39-40(32-50(8)46(52)43(39)49-41)38-30-36(47(6,7)53)10-11-42(38)63-44-34(4)28-37(29-35(44)5)62-27-25-60-23-21-58-19-17-56-15-13-54-12-14-55-16-18-57-20-22-59-24-26-61-33(2)3/h10-11,28-33,49,53H,9,12-27H2,1-8H3,(H,48,51). The van der Waals surface area contributed by atoms with E-state index in [1.165, 1.54) is 4.57 Å². The lowest BCUT2D eigenvalue weighted by molar-refractivity contribution is -0.0259. The number of pyridine rings is 1. The number of benzene rings is 2. The number of carbonyl (C=O) groups excluding carboxylic acids is 1. The highest BCUT2D eigenvalue weighted by molar-refractivity contribution is 6.03. The van der Waals surface area contributed by atoms with Crippen LogP contribution in [0.5, 0.6) is 17.2 Å². The number of ether oxygens (including phenoxy) is 10. The molecule has 16 nitrogen and oxygen atoms in total. The van der Waals surface area contributed by atoms with Gasteiger partial charge in [0.2, 0.25) is 0 Å². The Kier molecular flexibility index (Phi) is 22.0. The molecule has 3 N–H and O–H groups in total. The van der Waals surface area contributed by atoms with E-state index in [2.05, 4.69) is 10.3 Å². The van der Waals surface area contributed by atoms with Crippen molar-refractivity contribution in [3.8, 4) is 28.4 Å². The fourth-order valence-corrected chi connectivity index (χ4v) is 6.38.